The van der Waals surface area contributed by atoms with E-state index in [1.807, 2.05) is 43.9 Å². The SMILES string of the molecule is Cc1cccc(OC2CCN(C(=O)CCc3c(C)noc3C)CC2)n1. The van der Waals surface area contributed by atoms with Gasteiger partial charge in [0.15, 0.2) is 0 Å². The number of amides is 1. The number of piperidine rings is 1. The van der Waals surface area contributed by atoms with E-state index >= 15 is 0 Å². The Labute approximate surface area is 148 Å². The lowest BCUT2D eigenvalue weighted by atomic mass is 10.0. The van der Waals surface area contributed by atoms with Gasteiger partial charge in [0.25, 0.3) is 0 Å². The Kier molecular flexibility index (Phi) is 5.36. The maximum absolute atomic E-state index is 12.4. The number of aromatic nitrogens is 2. The fraction of sp³-hybridized carbons (Fsp3) is 0.526. The molecule has 0 radical (unpaired) electrons. The van der Waals surface area contributed by atoms with Crippen molar-refractivity contribution in [1.82, 2.24) is 15.0 Å². The third kappa shape index (κ3) is 4.38. The monoisotopic (exact) mass is 343 g/mol. The Hall–Kier alpha value is -2.37. The van der Waals surface area contributed by atoms with Gasteiger partial charge < -0.3 is 14.2 Å². The Morgan fingerprint density at radius 3 is 2.68 bits per heavy atom. The first-order valence-corrected chi connectivity index (χ1v) is 8.83. The second-order valence-corrected chi connectivity index (χ2v) is 6.62. The van der Waals surface area contributed by atoms with Gasteiger partial charge in [-0.05, 0) is 33.3 Å². The number of nitrogens with zero attached hydrogens (tertiary/aromatic N) is 3. The van der Waals surface area contributed by atoms with Gasteiger partial charge in [0, 0.05) is 49.7 Å². The summed E-state index contributed by atoms with van der Waals surface area (Å²) in [6.45, 7) is 7.22. The smallest absolute Gasteiger partial charge is 0.222 e. The van der Waals surface area contributed by atoms with Gasteiger partial charge in [-0.3, -0.25) is 4.79 Å². The molecule has 3 heterocycles. The number of carbonyl (C=O) groups is 1. The first kappa shape index (κ1) is 17.5. The number of aryl methyl sites for hydroxylation is 3. The van der Waals surface area contributed by atoms with Crippen LogP contribution in [-0.4, -0.2) is 40.1 Å². The van der Waals surface area contributed by atoms with Crippen molar-refractivity contribution in [2.24, 2.45) is 0 Å². The maximum Gasteiger partial charge on any atom is 0.222 e. The highest BCUT2D eigenvalue weighted by atomic mass is 16.5. The van der Waals surface area contributed by atoms with Crippen molar-refractivity contribution < 1.29 is 14.1 Å². The van der Waals surface area contributed by atoms with Crippen LogP contribution in [0.15, 0.2) is 22.7 Å². The van der Waals surface area contributed by atoms with Crippen molar-refractivity contribution in [2.45, 2.75) is 52.6 Å². The standard InChI is InChI=1S/C19H25N3O3/c1-13-5-4-6-18(20-13)24-16-9-11-22(12-10-16)19(23)8-7-17-14(2)21-25-15(17)3/h4-6,16H,7-12H2,1-3H3. The van der Waals surface area contributed by atoms with Gasteiger partial charge in [0.2, 0.25) is 11.8 Å². The largest absolute Gasteiger partial charge is 0.474 e. The summed E-state index contributed by atoms with van der Waals surface area (Å²) in [5.74, 6) is 1.67. The third-order valence-corrected chi connectivity index (χ3v) is 4.71. The van der Waals surface area contributed by atoms with Crippen molar-refractivity contribution >= 4 is 5.91 Å². The number of ether oxygens (including phenoxy) is 1. The van der Waals surface area contributed by atoms with E-state index < -0.39 is 0 Å². The van der Waals surface area contributed by atoms with Crippen LogP contribution in [-0.2, 0) is 11.2 Å². The van der Waals surface area contributed by atoms with Crippen LogP contribution < -0.4 is 4.74 Å². The van der Waals surface area contributed by atoms with Gasteiger partial charge in [0.05, 0.1) is 5.69 Å². The predicted octanol–water partition coefficient (Wildman–Crippen LogP) is 3.00. The van der Waals surface area contributed by atoms with E-state index in [1.54, 1.807) is 0 Å². The van der Waals surface area contributed by atoms with Crippen molar-refractivity contribution in [1.29, 1.82) is 0 Å². The number of pyridine rings is 1. The molecule has 1 amide bonds. The lowest BCUT2D eigenvalue weighted by molar-refractivity contribution is -0.132. The van der Waals surface area contributed by atoms with Crippen LogP contribution in [0.2, 0.25) is 0 Å². The van der Waals surface area contributed by atoms with Crippen molar-refractivity contribution in [3.63, 3.8) is 0 Å². The molecule has 1 aliphatic rings. The number of hydrogen-bond acceptors (Lipinski definition) is 5. The molecule has 2 aromatic heterocycles. The topological polar surface area (TPSA) is 68.5 Å². The van der Waals surface area contributed by atoms with Crippen molar-refractivity contribution in [3.05, 3.63) is 40.9 Å². The van der Waals surface area contributed by atoms with E-state index in [0.29, 0.717) is 18.7 Å². The fourth-order valence-electron chi connectivity index (χ4n) is 3.23. The molecule has 1 aliphatic heterocycles. The van der Waals surface area contributed by atoms with Gasteiger partial charge in [-0.2, -0.15) is 0 Å². The van der Waals surface area contributed by atoms with Gasteiger partial charge >= 0.3 is 0 Å². The van der Waals surface area contributed by atoms with E-state index in [2.05, 4.69) is 10.1 Å². The highest BCUT2D eigenvalue weighted by Crippen LogP contribution is 2.19. The zero-order chi connectivity index (χ0) is 17.8. The summed E-state index contributed by atoms with van der Waals surface area (Å²) in [4.78, 5) is 18.8. The van der Waals surface area contributed by atoms with E-state index in [1.165, 1.54) is 0 Å². The van der Waals surface area contributed by atoms with Crippen LogP contribution in [0.3, 0.4) is 0 Å². The molecule has 6 nitrogen and oxygen atoms in total. The lowest BCUT2D eigenvalue weighted by Crippen LogP contribution is -2.42. The molecule has 0 atom stereocenters. The minimum absolute atomic E-state index is 0.126. The molecular weight excluding hydrogens is 318 g/mol. The third-order valence-electron chi connectivity index (χ3n) is 4.71. The molecule has 134 valence electrons. The lowest BCUT2D eigenvalue weighted by Gasteiger charge is -2.32. The first-order chi connectivity index (χ1) is 12.0. The Bertz CT molecular complexity index is 714. The summed E-state index contributed by atoms with van der Waals surface area (Å²) >= 11 is 0. The second kappa shape index (κ2) is 7.68. The van der Waals surface area contributed by atoms with E-state index in [9.17, 15) is 4.79 Å². The zero-order valence-electron chi connectivity index (χ0n) is 15.1. The Morgan fingerprint density at radius 1 is 1.28 bits per heavy atom. The molecule has 1 saturated heterocycles. The van der Waals surface area contributed by atoms with Crippen molar-refractivity contribution in [2.75, 3.05) is 13.1 Å². The minimum atomic E-state index is 0.126. The average molecular weight is 343 g/mol. The van der Waals surface area contributed by atoms with E-state index in [-0.39, 0.29) is 12.0 Å². The number of likely N-dealkylation sites (tertiary alicyclic amines) is 1. The summed E-state index contributed by atoms with van der Waals surface area (Å²) in [5, 5.41) is 3.94. The summed E-state index contributed by atoms with van der Waals surface area (Å²) in [6.07, 6.45) is 2.98. The predicted molar refractivity (Wildman–Crippen MR) is 93.5 cm³/mol. The molecule has 25 heavy (non-hydrogen) atoms. The molecule has 3 rings (SSSR count). The van der Waals surface area contributed by atoms with Crippen LogP contribution in [0.4, 0.5) is 0 Å². The molecule has 2 aromatic rings. The molecule has 0 bridgehead atoms. The zero-order valence-corrected chi connectivity index (χ0v) is 15.1. The molecule has 1 fully saturated rings. The van der Waals surface area contributed by atoms with Gasteiger partial charge in [-0.25, -0.2) is 4.98 Å². The van der Waals surface area contributed by atoms with Crippen LogP contribution in [0.25, 0.3) is 0 Å². The molecule has 0 saturated carbocycles. The molecule has 0 N–H and O–H groups in total. The Morgan fingerprint density at radius 2 is 2.04 bits per heavy atom. The quantitative estimate of drug-likeness (QED) is 0.835. The van der Waals surface area contributed by atoms with Crippen LogP contribution in [0.1, 0.15) is 42.0 Å². The molecule has 6 heteroatoms. The molecule has 0 spiro atoms. The molecule has 0 aromatic carbocycles. The highest BCUT2D eigenvalue weighted by Gasteiger charge is 2.24. The van der Waals surface area contributed by atoms with Gasteiger partial charge in [-0.1, -0.05) is 11.2 Å². The molecule has 0 aliphatic carbocycles. The first-order valence-electron chi connectivity index (χ1n) is 8.83. The summed E-state index contributed by atoms with van der Waals surface area (Å²) < 4.78 is 11.1. The van der Waals surface area contributed by atoms with E-state index in [4.69, 9.17) is 9.26 Å². The highest BCUT2D eigenvalue weighted by molar-refractivity contribution is 5.76. The molecule has 0 unspecified atom stereocenters. The van der Waals surface area contributed by atoms with Crippen LogP contribution in [0, 0.1) is 20.8 Å². The Balaban J connectivity index is 1.46. The normalized spacial score (nSPS) is 15.4. The maximum atomic E-state index is 12.4. The summed E-state index contributed by atoms with van der Waals surface area (Å²) in [7, 11) is 0. The van der Waals surface area contributed by atoms with Crippen LogP contribution >= 0.6 is 0 Å². The van der Waals surface area contributed by atoms with Crippen molar-refractivity contribution in [3.8, 4) is 5.88 Å². The number of hydrogen-bond donors (Lipinski definition) is 0. The average Bonchev–Trinajstić information content (AvgIpc) is 2.92. The minimum Gasteiger partial charge on any atom is -0.474 e. The summed E-state index contributed by atoms with van der Waals surface area (Å²) in [6, 6.07) is 5.78. The van der Waals surface area contributed by atoms with Gasteiger partial charge in [-0.15, -0.1) is 0 Å². The number of carbonyl (C=O) groups excluding carboxylic acids is 1. The molecular formula is C19H25N3O3. The van der Waals surface area contributed by atoms with E-state index in [0.717, 1.165) is 48.6 Å². The summed E-state index contributed by atoms with van der Waals surface area (Å²) in [5.41, 5.74) is 2.88. The van der Waals surface area contributed by atoms with Crippen LogP contribution in [0.5, 0.6) is 5.88 Å². The second-order valence-electron chi connectivity index (χ2n) is 6.62. The number of rotatable bonds is 5. The fourth-order valence-corrected chi connectivity index (χ4v) is 3.23. The van der Waals surface area contributed by atoms with Gasteiger partial charge in [0.1, 0.15) is 11.9 Å².